The van der Waals surface area contributed by atoms with Crippen molar-refractivity contribution < 1.29 is 49.3 Å². The zero-order valence-corrected chi connectivity index (χ0v) is 53.8. The predicted molar refractivity (Wildman–Crippen MR) is 347 cm³/mol. The summed E-state index contributed by atoms with van der Waals surface area (Å²) in [5.74, 6) is -1.19. The summed E-state index contributed by atoms with van der Waals surface area (Å²) in [5.41, 5.74) is 0. The Hall–Kier alpha value is -2.64. The van der Waals surface area contributed by atoms with E-state index >= 15 is 0 Å². The number of aliphatic hydroxyl groups is 5. The number of nitrogens with one attached hydrogen (secondary N) is 1. The van der Waals surface area contributed by atoms with Crippen molar-refractivity contribution in [3.8, 4) is 0 Å². The third kappa shape index (κ3) is 47.2. The molecule has 1 heterocycles. The highest BCUT2D eigenvalue weighted by molar-refractivity contribution is 5.80. The molecule has 1 amide bonds. The van der Waals surface area contributed by atoms with Gasteiger partial charge < -0.3 is 45.1 Å². The van der Waals surface area contributed by atoms with Gasteiger partial charge in [-0.2, -0.15) is 0 Å². The molecule has 1 aliphatic heterocycles. The second kappa shape index (κ2) is 59.7. The third-order valence-electron chi connectivity index (χ3n) is 16.4. The average molecular weight is 1170 g/mol. The van der Waals surface area contributed by atoms with Gasteiger partial charge in [0.15, 0.2) is 12.4 Å². The molecule has 0 saturated carbocycles. The highest BCUT2D eigenvalue weighted by atomic mass is 16.7. The number of amides is 1. The Kier molecular flexibility index (Phi) is 56.4. The van der Waals surface area contributed by atoms with Gasteiger partial charge in [-0.25, -0.2) is 0 Å². The first-order valence-electron chi connectivity index (χ1n) is 35.1. The Balaban J connectivity index is 2.56. The molecule has 0 aromatic rings. The third-order valence-corrected chi connectivity index (χ3v) is 16.4. The van der Waals surface area contributed by atoms with Gasteiger partial charge in [0.05, 0.1) is 25.4 Å². The predicted octanol–water partition coefficient (Wildman–Crippen LogP) is 17.7. The zero-order chi connectivity index (χ0) is 60.3. The minimum absolute atomic E-state index is 0.127. The van der Waals surface area contributed by atoms with Gasteiger partial charge in [-0.15, -0.1) is 0 Å². The van der Waals surface area contributed by atoms with E-state index < -0.39 is 67.4 Å². The van der Waals surface area contributed by atoms with Crippen LogP contribution in [0.25, 0.3) is 0 Å². The Morgan fingerprint density at radius 1 is 0.470 bits per heavy atom. The number of hydrogen-bond acceptors (Lipinski definition) is 10. The molecule has 0 radical (unpaired) electrons. The largest absolute Gasteiger partial charge is 0.454 e. The number of allylic oxidation sites excluding steroid dienone is 9. The molecule has 11 nitrogen and oxygen atoms in total. The number of rotatable bonds is 60. The summed E-state index contributed by atoms with van der Waals surface area (Å²) >= 11 is 0. The number of ether oxygens (including phenoxy) is 3. The molecule has 8 unspecified atom stereocenters. The number of aliphatic hydroxyl groups excluding tert-OH is 5. The SMILES string of the molecule is CCCCC/C=C\C/C=C\C/C=C\C/C=C\CCCCCCCCCCCCC(O)C(=O)NC(COC1OC(CO)C(O)C(O)C1OC(=O)CCCCCCCCCCCCCCCCCCC)C(O)/C=C/CCCCCCCCCCC. The smallest absolute Gasteiger partial charge is 0.306 e. The van der Waals surface area contributed by atoms with E-state index in [0.717, 1.165) is 83.5 Å². The first-order chi connectivity index (χ1) is 40.7. The highest BCUT2D eigenvalue weighted by Crippen LogP contribution is 2.26. The fourth-order valence-corrected chi connectivity index (χ4v) is 10.9. The number of esters is 1. The van der Waals surface area contributed by atoms with Gasteiger partial charge in [-0.05, 0) is 70.6 Å². The average Bonchev–Trinajstić information content (AvgIpc) is 3.62. The Morgan fingerprint density at radius 2 is 0.831 bits per heavy atom. The molecule has 0 bridgehead atoms. The van der Waals surface area contributed by atoms with Crippen molar-refractivity contribution in [3.63, 3.8) is 0 Å². The highest BCUT2D eigenvalue weighted by Gasteiger charge is 2.47. The molecule has 11 heteroatoms. The molecular formula is C72H131NO10. The molecule has 6 N–H and O–H groups in total. The van der Waals surface area contributed by atoms with Crippen molar-refractivity contribution in [2.24, 2.45) is 0 Å². The maximum absolute atomic E-state index is 13.5. The topological polar surface area (TPSA) is 175 Å². The van der Waals surface area contributed by atoms with Crippen molar-refractivity contribution in [1.82, 2.24) is 5.32 Å². The van der Waals surface area contributed by atoms with Gasteiger partial charge in [-0.1, -0.05) is 306 Å². The summed E-state index contributed by atoms with van der Waals surface area (Å²) in [6.45, 7) is 5.79. The van der Waals surface area contributed by atoms with Gasteiger partial charge in [0.25, 0.3) is 0 Å². The summed E-state index contributed by atoms with van der Waals surface area (Å²) in [6, 6.07) is -1.03. The zero-order valence-electron chi connectivity index (χ0n) is 53.8. The van der Waals surface area contributed by atoms with Crippen LogP contribution >= 0.6 is 0 Å². The Morgan fingerprint density at radius 3 is 1.27 bits per heavy atom. The lowest BCUT2D eigenvalue weighted by atomic mass is 9.99. The lowest BCUT2D eigenvalue weighted by molar-refractivity contribution is -0.305. The molecule has 8 atom stereocenters. The van der Waals surface area contributed by atoms with Gasteiger partial charge in [0.2, 0.25) is 5.91 Å². The molecular weight excluding hydrogens is 1040 g/mol. The summed E-state index contributed by atoms with van der Waals surface area (Å²) in [7, 11) is 0. The number of carbonyl (C=O) groups excluding carboxylic acids is 2. The van der Waals surface area contributed by atoms with E-state index in [9.17, 15) is 35.1 Å². The summed E-state index contributed by atoms with van der Waals surface area (Å²) < 4.78 is 17.7. The standard InChI is InChI=1S/C72H131NO10/c1-4-7-10-13-16-19-22-24-26-28-29-30-31-32-33-34-35-36-38-39-41-44-47-50-53-56-59-65(76)71(80)73-63(64(75)58-55-52-49-46-43-21-18-15-12-9-6-3)62-81-72-70(69(79)68(78)66(61-74)82-72)83-67(77)60-57-54-51-48-45-42-40-37-27-25-23-20-17-14-11-8-5-2/h16,19,24,26,29-30,32-33,55,58,63-66,68-70,72,74-76,78-79H,4-15,17-18,20-23,25,27-28,31,34-54,56-57,59-62H2,1-3H3,(H,73,80)/b19-16-,26-24-,30-29-,33-32-,58-55+. The lowest BCUT2D eigenvalue weighted by Gasteiger charge is -2.41. The van der Waals surface area contributed by atoms with Crippen LogP contribution in [0, 0.1) is 0 Å². The van der Waals surface area contributed by atoms with Crippen molar-refractivity contribution in [2.45, 2.75) is 372 Å². The van der Waals surface area contributed by atoms with Crippen LogP contribution in [0.5, 0.6) is 0 Å². The van der Waals surface area contributed by atoms with E-state index in [1.165, 1.54) is 193 Å². The number of hydrogen-bond donors (Lipinski definition) is 6. The second-order valence-corrected chi connectivity index (χ2v) is 24.3. The van der Waals surface area contributed by atoms with E-state index in [1.807, 2.05) is 6.08 Å². The second-order valence-electron chi connectivity index (χ2n) is 24.3. The van der Waals surface area contributed by atoms with Crippen molar-refractivity contribution in [2.75, 3.05) is 13.2 Å². The van der Waals surface area contributed by atoms with E-state index in [0.29, 0.717) is 12.8 Å². The normalized spacial score (nSPS) is 18.9. The van der Waals surface area contributed by atoms with Crippen LogP contribution in [0.3, 0.4) is 0 Å². The number of unbranched alkanes of at least 4 members (excludes halogenated alkanes) is 38. The molecule has 1 aliphatic rings. The van der Waals surface area contributed by atoms with Crippen LogP contribution in [0.15, 0.2) is 60.8 Å². The summed E-state index contributed by atoms with van der Waals surface area (Å²) in [5, 5.41) is 57.2. The van der Waals surface area contributed by atoms with E-state index in [2.05, 4.69) is 74.7 Å². The van der Waals surface area contributed by atoms with Crippen LogP contribution in [-0.2, 0) is 23.8 Å². The fourth-order valence-electron chi connectivity index (χ4n) is 10.9. The van der Waals surface area contributed by atoms with E-state index in [-0.39, 0.29) is 19.4 Å². The maximum atomic E-state index is 13.5. The van der Waals surface area contributed by atoms with Crippen LogP contribution in [-0.4, -0.2) is 99.6 Å². The number of carbonyl (C=O) groups is 2. The van der Waals surface area contributed by atoms with Crippen LogP contribution < -0.4 is 5.32 Å². The molecule has 83 heavy (non-hydrogen) atoms. The molecule has 484 valence electrons. The Labute approximate surface area is 509 Å². The molecule has 0 aromatic carbocycles. The van der Waals surface area contributed by atoms with Crippen LogP contribution in [0.4, 0.5) is 0 Å². The first kappa shape index (κ1) is 78.4. The molecule has 1 fully saturated rings. The minimum Gasteiger partial charge on any atom is -0.454 e. The van der Waals surface area contributed by atoms with Gasteiger partial charge in [-0.3, -0.25) is 9.59 Å². The lowest BCUT2D eigenvalue weighted by Crippen LogP contribution is -2.61. The minimum atomic E-state index is -1.61. The van der Waals surface area contributed by atoms with Crippen molar-refractivity contribution in [3.05, 3.63) is 60.8 Å². The van der Waals surface area contributed by atoms with Crippen LogP contribution in [0.1, 0.15) is 323 Å². The monoisotopic (exact) mass is 1170 g/mol. The van der Waals surface area contributed by atoms with Gasteiger partial charge >= 0.3 is 5.97 Å². The maximum Gasteiger partial charge on any atom is 0.306 e. The molecule has 1 rings (SSSR count). The molecule has 1 saturated heterocycles. The summed E-state index contributed by atoms with van der Waals surface area (Å²) in [6.07, 6.45) is 65.5. The molecule has 0 aromatic heterocycles. The van der Waals surface area contributed by atoms with Crippen molar-refractivity contribution >= 4 is 11.9 Å². The summed E-state index contributed by atoms with van der Waals surface area (Å²) in [4.78, 5) is 26.6. The quantitative estimate of drug-likeness (QED) is 0.0195. The van der Waals surface area contributed by atoms with E-state index in [4.69, 9.17) is 14.2 Å². The van der Waals surface area contributed by atoms with Crippen LogP contribution in [0.2, 0.25) is 0 Å². The molecule has 0 aliphatic carbocycles. The Bertz CT molecular complexity index is 1580. The van der Waals surface area contributed by atoms with Crippen molar-refractivity contribution in [1.29, 1.82) is 0 Å². The van der Waals surface area contributed by atoms with Gasteiger partial charge in [0, 0.05) is 6.42 Å². The first-order valence-corrected chi connectivity index (χ1v) is 35.1. The fraction of sp³-hybridized carbons (Fsp3) is 0.833. The molecule has 0 spiro atoms. The van der Waals surface area contributed by atoms with Gasteiger partial charge in [0.1, 0.15) is 24.4 Å². The van der Waals surface area contributed by atoms with E-state index in [1.54, 1.807) is 6.08 Å².